The molecule has 2 aromatic rings. The normalized spacial score (nSPS) is 19.2. The number of thiazole rings is 1. The van der Waals surface area contributed by atoms with Crippen molar-refractivity contribution in [3.8, 4) is 10.4 Å². The summed E-state index contributed by atoms with van der Waals surface area (Å²) < 4.78 is 5.30. The molecule has 0 saturated carbocycles. The fraction of sp³-hybridized carbons (Fsp3) is 0.556. The molecule has 38 heavy (non-hydrogen) atoms. The Balaban J connectivity index is 1.73. The summed E-state index contributed by atoms with van der Waals surface area (Å²) in [5.41, 5.74) is 3.67. The van der Waals surface area contributed by atoms with E-state index in [9.17, 15) is 24.6 Å². The Labute approximate surface area is 227 Å². The van der Waals surface area contributed by atoms with Gasteiger partial charge in [0.15, 0.2) is 0 Å². The van der Waals surface area contributed by atoms with E-state index in [1.165, 1.54) is 16.2 Å². The van der Waals surface area contributed by atoms with E-state index in [-0.39, 0.29) is 25.5 Å². The van der Waals surface area contributed by atoms with Crippen molar-refractivity contribution >= 4 is 29.2 Å². The Hall–Kier alpha value is -3.02. The number of hydrogen-bond donors (Lipinski definition) is 4. The van der Waals surface area contributed by atoms with Crippen LogP contribution in [0.5, 0.6) is 0 Å². The molecule has 3 rings (SSSR count). The number of ether oxygens (including phenoxy) is 1. The number of likely N-dealkylation sites (tertiary alicyclic amines) is 1. The predicted octanol–water partition coefficient (Wildman–Crippen LogP) is 2.78. The third-order valence-corrected chi connectivity index (χ3v) is 7.27. The summed E-state index contributed by atoms with van der Waals surface area (Å²) in [6.45, 7) is 10.3. The van der Waals surface area contributed by atoms with E-state index in [0.717, 1.165) is 16.1 Å². The molecule has 4 atom stereocenters. The lowest BCUT2D eigenvalue weighted by atomic mass is 10.0. The molecule has 0 bridgehead atoms. The fourth-order valence-corrected chi connectivity index (χ4v) is 5.19. The standard InChI is InChI=1S/C27H38N4O6S/c1-15(2)22(30-26(36)37-27(4,5)6)25(35)31-12-19(33)11-21(31)24(34)29-20(13-32)17-7-9-18(10-8-17)23-16(3)28-14-38-23/h7-10,14-15,19-22,32-33H,11-13H2,1-6H3,(H,29,34)(H,30,36)/t19-,20?,21+,22?/m1/s1. The summed E-state index contributed by atoms with van der Waals surface area (Å²) in [6.07, 6.45) is -1.57. The van der Waals surface area contributed by atoms with Gasteiger partial charge in [0.1, 0.15) is 17.7 Å². The third kappa shape index (κ3) is 7.30. The summed E-state index contributed by atoms with van der Waals surface area (Å²) >= 11 is 1.54. The number of nitrogens with zero attached hydrogens (tertiary/aromatic N) is 2. The second kappa shape index (κ2) is 12.2. The summed E-state index contributed by atoms with van der Waals surface area (Å²) in [5, 5.41) is 25.8. The molecular weight excluding hydrogens is 508 g/mol. The summed E-state index contributed by atoms with van der Waals surface area (Å²) in [5.74, 6) is -1.26. The predicted molar refractivity (Wildman–Crippen MR) is 144 cm³/mol. The van der Waals surface area contributed by atoms with Gasteiger partial charge < -0.3 is 30.5 Å². The van der Waals surface area contributed by atoms with E-state index in [4.69, 9.17) is 4.74 Å². The van der Waals surface area contributed by atoms with Crippen LogP contribution in [0, 0.1) is 12.8 Å². The zero-order valence-electron chi connectivity index (χ0n) is 22.7. The maximum atomic E-state index is 13.5. The van der Waals surface area contributed by atoms with Crippen LogP contribution in [0.15, 0.2) is 29.8 Å². The van der Waals surface area contributed by atoms with Gasteiger partial charge >= 0.3 is 6.09 Å². The minimum atomic E-state index is -0.952. The van der Waals surface area contributed by atoms with Gasteiger partial charge in [0, 0.05) is 13.0 Å². The van der Waals surface area contributed by atoms with Crippen LogP contribution in [0.25, 0.3) is 10.4 Å². The minimum absolute atomic E-state index is 0.0389. The van der Waals surface area contributed by atoms with Crippen LogP contribution >= 0.6 is 11.3 Å². The number of aromatic nitrogens is 1. The van der Waals surface area contributed by atoms with Crippen LogP contribution in [0.4, 0.5) is 4.79 Å². The van der Waals surface area contributed by atoms with Gasteiger partial charge in [0.2, 0.25) is 11.8 Å². The average molecular weight is 547 g/mol. The van der Waals surface area contributed by atoms with Crippen molar-refractivity contribution in [2.24, 2.45) is 5.92 Å². The Kier molecular flexibility index (Phi) is 9.50. The topological polar surface area (TPSA) is 141 Å². The molecule has 1 fully saturated rings. The van der Waals surface area contributed by atoms with Crippen LogP contribution in [-0.4, -0.2) is 74.9 Å². The van der Waals surface area contributed by atoms with E-state index in [0.29, 0.717) is 5.56 Å². The maximum absolute atomic E-state index is 13.5. The van der Waals surface area contributed by atoms with E-state index < -0.39 is 47.7 Å². The molecule has 0 radical (unpaired) electrons. The van der Waals surface area contributed by atoms with E-state index in [1.807, 2.05) is 31.2 Å². The molecule has 1 saturated heterocycles. The lowest BCUT2D eigenvalue weighted by Crippen LogP contribution is -2.56. The molecule has 1 aliphatic rings. The van der Waals surface area contributed by atoms with Gasteiger partial charge in [-0.05, 0) is 44.7 Å². The van der Waals surface area contributed by atoms with Gasteiger partial charge in [-0.25, -0.2) is 9.78 Å². The third-order valence-electron chi connectivity index (χ3n) is 6.29. The number of aryl methyl sites for hydroxylation is 1. The Morgan fingerprint density at radius 1 is 1.18 bits per heavy atom. The smallest absolute Gasteiger partial charge is 0.408 e. The molecule has 1 aromatic carbocycles. The number of alkyl carbamates (subject to hydrolysis) is 1. The molecular formula is C27H38N4O6S. The molecule has 2 unspecified atom stereocenters. The highest BCUT2D eigenvalue weighted by Crippen LogP contribution is 2.29. The molecule has 0 aliphatic carbocycles. The highest BCUT2D eigenvalue weighted by Gasteiger charge is 2.43. The molecule has 0 spiro atoms. The van der Waals surface area contributed by atoms with Crippen molar-refractivity contribution in [1.82, 2.24) is 20.5 Å². The number of benzene rings is 1. The first kappa shape index (κ1) is 29.5. The number of amides is 3. The van der Waals surface area contributed by atoms with Crippen LogP contribution < -0.4 is 10.6 Å². The van der Waals surface area contributed by atoms with Gasteiger partial charge in [0.05, 0.1) is 34.8 Å². The van der Waals surface area contributed by atoms with Crippen molar-refractivity contribution < 1.29 is 29.3 Å². The lowest BCUT2D eigenvalue weighted by Gasteiger charge is -2.31. The number of carbonyl (C=O) groups is 3. The molecule has 4 N–H and O–H groups in total. The van der Waals surface area contributed by atoms with Crippen molar-refractivity contribution in [2.45, 2.75) is 77.8 Å². The van der Waals surface area contributed by atoms with Crippen molar-refractivity contribution in [2.75, 3.05) is 13.2 Å². The number of carbonyl (C=O) groups excluding carboxylic acids is 3. The monoisotopic (exact) mass is 546 g/mol. The van der Waals surface area contributed by atoms with Gasteiger partial charge in [-0.3, -0.25) is 9.59 Å². The lowest BCUT2D eigenvalue weighted by molar-refractivity contribution is -0.141. The number of aliphatic hydroxyl groups excluding tert-OH is 2. The fourth-order valence-electron chi connectivity index (χ4n) is 4.38. The van der Waals surface area contributed by atoms with Gasteiger partial charge in [-0.1, -0.05) is 38.1 Å². The molecule has 2 heterocycles. The highest BCUT2D eigenvalue weighted by molar-refractivity contribution is 7.13. The number of β-amino-alcohol motifs (C(OH)–C–C–N with tert-alkyl or cyclic N) is 1. The van der Waals surface area contributed by atoms with Gasteiger partial charge in [-0.2, -0.15) is 0 Å². The summed E-state index contributed by atoms with van der Waals surface area (Å²) in [6, 6.07) is 4.90. The minimum Gasteiger partial charge on any atom is -0.444 e. The highest BCUT2D eigenvalue weighted by atomic mass is 32.1. The summed E-state index contributed by atoms with van der Waals surface area (Å²) in [4.78, 5) is 45.8. The van der Waals surface area contributed by atoms with Crippen molar-refractivity contribution in [1.29, 1.82) is 0 Å². The number of aliphatic hydroxyl groups is 2. The summed E-state index contributed by atoms with van der Waals surface area (Å²) in [7, 11) is 0. The number of rotatable bonds is 8. The van der Waals surface area contributed by atoms with E-state index >= 15 is 0 Å². The molecule has 208 valence electrons. The molecule has 1 aliphatic heterocycles. The molecule has 11 heteroatoms. The van der Waals surface area contributed by atoms with E-state index in [2.05, 4.69) is 15.6 Å². The van der Waals surface area contributed by atoms with Crippen LogP contribution in [0.3, 0.4) is 0 Å². The van der Waals surface area contributed by atoms with Gasteiger partial charge in [-0.15, -0.1) is 11.3 Å². The van der Waals surface area contributed by atoms with Crippen molar-refractivity contribution in [3.05, 3.63) is 41.0 Å². The zero-order valence-corrected chi connectivity index (χ0v) is 23.5. The van der Waals surface area contributed by atoms with E-state index in [1.54, 1.807) is 40.1 Å². The SMILES string of the molecule is Cc1ncsc1-c1ccc(C(CO)NC(=O)[C@@H]2C[C@@H](O)CN2C(=O)C(NC(=O)OC(C)(C)C)C(C)C)cc1. The van der Waals surface area contributed by atoms with Crippen LogP contribution in [0.2, 0.25) is 0 Å². The zero-order chi connectivity index (χ0) is 28.2. The largest absolute Gasteiger partial charge is 0.444 e. The molecule has 3 amide bonds. The first-order chi connectivity index (χ1) is 17.8. The average Bonchev–Trinajstić information content (AvgIpc) is 3.44. The molecule has 1 aromatic heterocycles. The first-order valence-corrected chi connectivity index (χ1v) is 13.6. The second-order valence-electron chi connectivity index (χ2n) is 10.9. The Morgan fingerprint density at radius 2 is 1.84 bits per heavy atom. The second-order valence-corrected chi connectivity index (χ2v) is 11.8. The van der Waals surface area contributed by atoms with Crippen LogP contribution in [0.1, 0.15) is 58.3 Å². The molecule has 10 nitrogen and oxygen atoms in total. The van der Waals surface area contributed by atoms with Crippen LogP contribution in [-0.2, 0) is 14.3 Å². The number of nitrogens with one attached hydrogen (secondary N) is 2. The van der Waals surface area contributed by atoms with Crippen molar-refractivity contribution in [3.63, 3.8) is 0 Å². The quantitative estimate of drug-likeness (QED) is 0.399. The van der Waals surface area contributed by atoms with Gasteiger partial charge in [0.25, 0.3) is 0 Å². The first-order valence-electron chi connectivity index (χ1n) is 12.7. The Bertz CT molecular complexity index is 1130. The number of hydrogen-bond acceptors (Lipinski definition) is 8. The Morgan fingerprint density at radius 3 is 2.37 bits per heavy atom. The maximum Gasteiger partial charge on any atom is 0.408 e.